The van der Waals surface area contributed by atoms with E-state index in [0.717, 1.165) is 25.1 Å². The molecule has 1 aliphatic heterocycles. The third-order valence-electron chi connectivity index (χ3n) is 3.77. The molecule has 0 radical (unpaired) electrons. The van der Waals surface area contributed by atoms with E-state index in [2.05, 4.69) is 10.6 Å². The van der Waals surface area contributed by atoms with Crippen LogP contribution in [0.1, 0.15) is 25.3 Å². The van der Waals surface area contributed by atoms with Gasteiger partial charge in [0.15, 0.2) is 6.10 Å². The Labute approximate surface area is 143 Å². The average Bonchev–Trinajstić information content (AvgIpc) is 2.96. The molecule has 0 aromatic heterocycles. The van der Waals surface area contributed by atoms with Crippen molar-refractivity contribution in [1.82, 2.24) is 10.6 Å². The first kappa shape index (κ1) is 19.1. The molecule has 4 nitrogen and oxygen atoms in total. The SMILES string of the molecule is Cc1ccc(Cl)c(OC(C)C(=O)NCCC2CCNC2)c1.Cl. The molecule has 124 valence electrons. The first-order valence-corrected chi connectivity index (χ1v) is 7.85. The Kier molecular flexibility index (Phi) is 8.01. The van der Waals surface area contributed by atoms with E-state index in [4.69, 9.17) is 16.3 Å². The first-order valence-electron chi connectivity index (χ1n) is 7.47. The number of aryl methyl sites for hydroxylation is 1. The molecule has 0 spiro atoms. The highest BCUT2D eigenvalue weighted by Crippen LogP contribution is 2.26. The van der Waals surface area contributed by atoms with Gasteiger partial charge in [-0.15, -0.1) is 12.4 Å². The fourth-order valence-corrected chi connectivity index (χ4v) is 2.61. The van der Waals surface area contributed by atoms with Gasteiger partial charge in [0, 0.05) is 6.54 Å². The van der Waals surface area contributed by atoms with Crippen LogP contribution in [-0.2, 0) is 4.79 Å². The lowest BCUT2D eigenvalue weighted by Gasteiger charge is -2.16. The van der Waals surface area contributed by atoms with Crippen LogP contribution in [0.25, 0.3) is 0 Å². The van der Waals surface area contributed by atoms with Crippen LogP contribution >= 0.6 is 24.0 Å². The van der Waals surface area contributed by atoms with Crippen molar-refractivity contribution in [2.24, 2.45) is 5.92 Å². The number of rotatable bonds is 6. The van der Waals surface area contributed by atoms with Gasteiger partial charge in [0.2, 0.25) is 0 Å². The Bertz CT molecular complexity index is 491. The van der Waals surface area contributed by atoms with Crippen LogP contribution in [0.3, 0.4) is 0 Å². The van der Waals surface area contributed by atoms with Crippen LogP contribution in [0.15, 0.2) is 18.2 Å². The third-order valence-corrected chi connectivity index (χ3v) is 4.09. The highest BCUT2D eigenvalue weighted by Gasteiger charge is 2.18. The Balaban J connectivity index is 0.00000242. The molecule has 2 unspecified atom stereocenters. The predicted octanol–water partition coefficient (Wildman–Crippen LogP) is 2.95. The number of amides is 1. The van der Waals surface area contributed by atoms with Gasteiger partial charge in [0.25, 0.3) is 5.91 Å². The summed E-state index contributed by atoms with van der Waals surface area (Å²) in [5, 5.41) is 6.78. The summed E-state index contributed by atoms with van der Waals surface area (Å²) in [4.78, 5) is 12.0. The molecule has 6 heteroatoms. The second-order valence-corrected chi connectivity index (χ2v) is 6.04. The van der Waals surface area contributed by atoms with Gasteiger partial charge >= 0.3 is 0 Å². The lowest BCUT2D eigenvalue weighted by molar-refractivity contribution is -0.127. The lowest BCUT2D eigenvalue weighted by Crippen LogP contribution is -2.37. The number of ether oxygens (including phenoxy) is 1. The topological polar surface area (TPSA) is 50.4 Å². The molecule has 0 saturated carbocycles. The maximum Gasteiger partial charge on any atom is 0.260 e. The van der Waals surface area contributed by atoms with E-state index in [1.807, 2.05) is 19.1 Å². The lowest BCUT2D eigenvalue weighted by atomic mass is 10.1. The number of hydrogen-bond acceptors (Lipinski definition) is 3. The van der Waals surface area contributed by atoms with Crippen LogP contribution in [0.2, 0.25) is 5.02 Å². The molecule has 1 aromatic carbocycles. The van der Waals surface area contributed by atoms with Crippen molar-refractivity contribution in [2.45, 2.75) is 32.8 Å². The second-order valence-electron chi connectivity index (χ2n) is 5.63. The summed E-state index contributed by atoms with van der Waals surface area (Å²) >= 11 is 6.07. The molecule has 1 aliphatic rings. The van der Waals surface area contributed by atoms with E-state index < -0.39 is 6.10 Å². The summed E-state index contributed by atoms with van der Waals surface area (Å²) in [7, 11) is 0. The Morgan fingerprint density at radius 1 is 1.55 bits per heavy atom. The van der Waals surface area contributed by atoms with Crippen LogP contribution in [0.4, 0.5) is 0 Å². The van der Waals surface area contributed by atoms with Gasteiger partial charge in [0.05, 0.1) is 5.02 Å². The molecule has 0 bridgehead atoms. The molecular weight excluding hydrogens is 323 g/mol. The summed E-state index contributed by atoms with van der Waals surface area (Å²) in [5.41, 5.74) is 1.05. The fraction of sp³-hybridized carbons (Fsp3) is 0.562. The number of carbonyl (C=O) groups excluding carboxylic acids is 1. The average molecular weight is 347 g/mol. The Hall–Kier alpha value is -0.970. The van der Waals surface area contributed by atoms with Crippen molar-refractivity contribution in [2.75, 3.05) is 19.6 Å². The van der Waals surface area contributed by atoms with E-state index in [1.165, 1.54) is 6.42 Å². The number of halogens is 2. The van der Waals surface area contributed by atoms with Gasteiger partial charge in [-0.25, -0.2) is 0 Å². The predicted molar refractivity (Wildman–Crippen MR) is 92.1 cm³/mol. The summed E-state index contributed by atoms with van der Waals surface area (Å²) in [6.07, 6.45) is 1.66. The molecular formula is C16H24Cl2N2O2. The monoisotopic (exact) mass is 346 g/mol. The quantitative estimate of drug-likeness (QED) is 0.832. The van der Waals surface area contributed by atoms with E-state index in [9.17, 15) is 4.79 Å². The van der Waals surface area contributed by atoms with Gasteiger partial charge in [-0.1, -0.05) is 17.7 Å². The minimum Gasteiger partial charge on any atom is -0.479 e. The minimum atomic E-state index is -0.550. The maximum atomic E-state index is 12.0. The first-order chi connectivity index (χ1) is 10.1. The van der Waals surface area contributed by atoms with Crippen LogP contribution < -0.4 is 15.4 Å². The number of nitrogens with one attached hydrogen (secondary N) is 2. The van der Waals surface area contributed by atoms with Crippen molar-refractivity contribution in [3.05, 3.63) is 28.8 Å². The zero-order chi connectivity index (χ0) is 15.2. The zero-order valence-electron chi connectivity index (χ0n) is 13.0. The molecule has 2 N–H and O–H groups in total. The van der Waals surface area contributed by atoms with E-state index in [0.29, 0.717) is 23.2 Å². The van der Waals surface area contributed by atoms with Crippen molar-refractivity contribution in [3.8, 4) is 5.75 Å². The summed E-state index contributed by atoms with van der Waals surface area (Å²) in [5.74, 6) is 1.13. The summed E-state index contributed by atoms with van der Waals surface area (Å²) < 4.78 is 5.65. The fourth-order valence-electron chi connectivity index (χ4n) is 2.45. The number of hydrogen-bond donors (Lipinski definition) is 2. The van der Waals surface area contributed by atoms with Crippen LogP contribution in [0.5, 0.6) is 5.75 Å². The van der Waals surface area contributed by atoms with Crippen molar-refractivity contribution >= 4 is 29.9 Å². The van der Waals surface area contributed by atoms with Crippen LogP contribution in [-0.4, -0.2) is 31.6 Å². The number of carbonyl (C=O) groups is 1. The van der Waals surface area contributed by atoms with Gasteiger partial charge < -0.3 is 15.4 Å². The van der Waals surface area contributed by atoms with E-state index in [-0.39, 0.29) is 18.3 Å². The largest absolute Gasteiger partial charge is 0.479 e. The van der Waals surface area contributed by atoms with E-state index >= 15 is 0 Å². The second kappa shape index (κ2) is 9.23. The highest BCUT2D eigenvalue weighted by molar-refractivity contribution is 6.32. The Morgan fingerprint density at radius 3 is 3.00 bits per heavy atom. The van der Waals surface area contributed by atoms with Crippen molar-refractivity contribution in [3.63, 3.8) is 0 Å². The Morgan fingerprint density at radius 2 is 2.32 bits per heavy atom. The van der Waals surface area contributed by atoms with Gasteiger partial charge in [-0.2, -0.15) is 0 Å². The molecule has 2 atom stereocenters. The van der Waals surface area contributed by atoms with Gasteiger partial charge in [-0.05, 0) is 63.4 Å². The smallest absolute Gasteiger partial charge is 0.260 e. The van der Waals surface area contributed by atoms with Crippen molar-refractivity contribution < 1.29 is 9.53 Å². The molecule has 1 heterocycles. The molecule has 1 saturated heterocycles. The third kappa shape index (κ3) is 5.67. The molecule has 1 aromatic rings. The summed E-state index contributed by atoms with van der Waals surface area (Å²) in [6.45, 7) is 6.54. The number of benzene rings is 1. The molecule has 1 fully saturated rings. The molecule has 1 amide bonds. The standard InChI is InChI=1S/C16H23ClN2O2.ClH/c1-11-3-4-14(17)15(9-11)21-12(2)16(20)19-8-6-13-5-7-18-10-13;/h3-4,9,12-13,18H,5-8,10H2,1-2H3,(H,19,20);1H. The molecule has 0 aliphatic carbocycles. The maximum absolute atomic E-state index is 12.0. The highest BCUT2D eigenvalue weighted by atomic mass is 35.5. The summed E-state index contributed by atoms with van der Waals surface area (Å²) in [6, 6.07) is 5.54. The zero-order valence-corrected chi connectivity index (χ0v) is 14.6. The van der Waals surface area contributed by atoms with Gasteiger partial charge in [-0.3, -0.25) is 4.79 Å². The minimum absolute atomic E-state index is 0. The van der Waals surface area contributed by atoms with E-state index in [1.54, 1.807) is 13.0 Å². The molecule has 2 rings (SSSR count). The van der Waals surface area contributed by atoms with Crippen molar-refractivity contribution in [1.29, 1.82) is 0 Å². The normalized spacial score (nSPS) is 18.4. The molecule has 22 heavy (non-hydrogen) atoms. The van der Waals surface area contributed by atoms with Crippen LogP contribution in [0, 0.1) is 12.8 Å². The van der Waals surface area contributed by atoms with Gasteiger partial charge in [0.1, 0.15) is 5.75 Å².